The molecule has 0 unspecified atom stereocenters. The third-order valence-electron chi connectivity index (χ3n) is 19.2. The standard InChI is InChI=1S/C74H105ClF3IN12O12/c1-15-17-24-54-69(99)89(13)58(39-48-25-29-51(30-26-48)74(76,77)78)67(97)82-56(35-45(3)4)70(100)90(14)60(72(102)91-33-19-18-20-34-91)41-62(93)87(11)57(36-46(5)6)68(98)83-65(47(7)16-2)73(103)86(10)43-63(94)84(8)44-64(95)88(12)59(40-49-27-31-52(75)32-28-49)71(101)85(9)42-61(92)80-55(66(96)81-54)38-50-22-21-23-53(79)37-50/h21-23,25-32,37,45-47,54-60,65H,15-20,24,33-36,38-44H2,1-14H3,(H,80,92)(H,81,96)(H,82,97)(H,83,98)/t47-,54-,55-,56-,57-,58-,59+,60-,65-/m0/s1. The van der Waals surface area contributed by atoms with Gasteiger partial charge >= 0.3 is 6.18 Å². The summed E-state index contributed by atoms with van der Waals surface area (Å²) < 4.78 is 42.8. The fourth-order valence-corrected chi connectivity index (χ4v) is 13.3. The first-order chi connectivity index (χ1) is 48.4. The number of likely N-dealkylation sites (tertiary alicyclic amines) is 1. The topological polar surface area (TPSA) is 279 Å². The van der Waals surface area contributed by atoms with Crippen LogP contribution in [0.3, 0.4) is 0 Å². The fraction of sp³-hybridized carbons (Fsp3) is 0.595. The van der Waals surface area contributed by atoms with Crippen molar-refractivity contribution >= 4 is 105 Å². The molecule has 4 N–H and O–H groups in total. The van der Waals surface area contributed by atoms with Gasteiger partial charge in [0, 0.05) is 90.3 Å². The molecule has 24 nitrogen and oxygen atoms in total. The molecule has 5 rings (SSSR count). The molecule has 0 saturated carbocycles. The molecule has 29 heteroatoms. The molecule has 0 aromatic heterocycles. The number of carbonyl (C=O) groups excluding carboxylic acids is 12. The Morgan fingerprint density at radius 1 is 0.544 bits per heavy atom. The maximum absolute atomic E-state index is 15.4. The van der Waals surface area contributed by atoms with E-state index in [9.17, 15) is 46.7 Å². The van der Waals surface area contributed by atoms with E-state index in [1.165, 1.54) is 54.2 Å². The fourth-order valence-electron chi connectivity index (χ4n) is 12.5. The summed E-state index contributed by atoms with van der Waals surface area (Å²) in [4.78, 5) is 188. The number of nitrogens with zero attached hydrogens (tertiary/aromatic N) is 8. The van der Waals surface area contributed by atoms with Crippen molar-refractivity contribution in [1.82, 2.24) is 60.5 Å². The van der Waals surface area contributed by atoms with Crippen LogP contribution in [-0.2, 0) is 83.0 Å². The molecule has 3 aromatic carbocycles. The van der Waals surface area contributed by atoms with E-state index < -0.39 is 169 Å². The highest BCUT2D eigenvalue weighted by atomic mass is 127. The van der Waals surface area contributed by atoms with E-state index in [1.807, 2.05) is 26.8 Å². The molecule has 0 aliphatic carbocycles. The van der Waals surface area contributed by atoms with Gasteiger partial charge in [-0.3, -0.25) is 57.5 Å². The molecule has 568 valence electrons. The van der Waals surface area contributed by atoms with Crippen LogP contribution in [0.15, 0.2) is 72.8 Å². The molecule has 2 aliphatic rings. The normalized spacial score (nSPS) is 23.3. The van der Waals surface area contributed by atoms with Crippen molar-refractivity contribution < 1.29 is 70.7 Å². The monoisotopic (exact) mass is 1570 g/mol. The van der Waals surface area contributed by atoms with E-state index in [0.717, 1.165) is 63.7 Å². The zero-order chi connectivity index (χ0) is 76.9. The molecule has 12 amide bonds. The van der Waals surface area contributed by atoms with Crippen molar-refractivity contribution in [2.45, 2.75) is 186 Å². The van der Waals surface area contributed by atoms with Crippen molar-refractivity contribution in [2.24, 2.45) is 17.8 Å². The Kier molecular flexibility index (Phi) is 33.2. The maximum atomic E-state index is 15.4. The van der Waals surface area contributed by atoms with Gasteiger partial charge in [0.05, 0.1) is 31.6 Å². The zero-order valence-corrected chi connectivity index (χ0v) is 64.8. The number of hydrogen-bond acceptors (Lipinski definition) is 12. The first-order valence-corrected chi connectivity index (χ1v) is 36.8. The van der Waals surface area contributed by atoms with Crippen LogP contribution < -0.4 is 21.3 Å². The smallest absolute Gasteiger partial charge is 0.343 e. The number of alkyl halides is 3. The van der Waals surface area contributed by atoms with Crippen LogP contribution in [0.1, 0.15) is 135 Å². The molecular weight excluding hydrogens is 1470 g/mol. The van der Waals surface area contributed by atoms with Crippen LogP contribution in [0.2, 0.25) is 5.02 Å². The number of amides is 12. The zero-order valence-electron chi connectivity index (χ0n) is 61.9. The van der Waals surface area contributed by atoms with Crippen LogP contribution in [0, 0.1) is 21.3 Å². The van der Waals surface area contributed by atoms with Crippen molar-refractivity contribution in [3.8, 4) is 0 Å². The van der Waals surface area contributed by atoms with E-state index in [1.54, 1.807) is 75.1 Å². The molecular formula is C74H105ClF3IN12O12. The lowest BCUT2D eigenvalue weighted by Crippen LogP contribution is -2.61. The summed E-state index contributed by atoms with van der Waals surface area (Å²) in [5.41, 5.74) is 0.356. The highest BCUT2D eigenvalue weighted by Gasteiger charge is 2.43. The van der Waals surface area contributed by atoms with Crippen LogP contribution in [-0.4, -0.2) is 240 Å². The summed E-state index contributed by atoms with van der Waals surface area (Å²) in [6.07, 6.45) is -2.70. The minimum absolute atomic E-state index is 0.00976. The van der Waals surface area contributed by atoms with Crippen molar-refractivity contribution in [1.29, 1.82) is 0 Å². The molecule has 3 aromatic rings. The number of nitrogens with one attached hydrogen (secondary N) is 4. The minimum atomic E-state index is -4.73. The largest absolute Gasteiger partial charge is 0.416 e. The number of carbonyl (C=O) groups is 12. The third-order valence-corrected chi connectivity index (χ3v) is 20.1. The Morgan fingerprint density at radius 3 is 1.66 bits per heavy atom. The summed E-state index contributed by atoms with van der Waals surface area (Å²) in [6.45, 7) is 11.4. The van der Waals surface area contributed by atoms with Gasteiger partial charge in [0.25, 0.3) is 0 Å². The third kappa shape index (κ3) is 25.2. The lowest BCUT2D eigenvalue weighted by atomic mass is 9.95. The molecule has 2 fully saturated rings. The lowest BCUT2D eigenvalue weighted by Gasteiger charge is -2.38. The van der Waals surface area contributed by atoms with Gasteiger partial charge in [0.2, 0.25) is 70.9 Å². The maximum Gasteiger partial charge on any atom is 0.416 e. The van der Waals surface area contributed by atoms with Crippen LogP contribution in [0.5, 0.6) is 0 Å². The number of likely N-dealkylation sites (N-methyl/N-ethyl adjacent to an activating group) is 7. The molecule has 2 aliphatic heterocycles. The summed E-state index contributed by atoms with van der Waals surface area (Å²) in [6, 6.07) is 6.35. The number of rotatable bonds is 16. The second-order valence-corrected chi connectivity index (χ2v) is 30.0. The van der Waals surface area contributed by atoms with Crippen LogP contribution >= 0.6 is 34.2 Å². The van der Waals surface area contributed by atoms with Crippen molar-refractivity contribution in [3.05, 3.63) is 104 Å². The predicted molar refractivity (Wildman–Crippen MR) is 393 cm³/mol. The van der Waals surface area contributed by atoms with Gasteiger partial charge < -0.3 is 60.5 Å². The molecule has 0 bridgehead atoms. The quantitative estimate of drug-likeness (QED) is 0.114. The summed E-state index contributed by atoms with van der Waals surface area (Å²) in [5.74, 6) is -10.1. The highest BCUT2D eigenvalue weighted by molar-refractivity contribution is 14.1. The summed E-state index contributed by atoms with van der Waals surface area (Å²) in [5, 5.41) is 11.7. The second kappa shape index (κ2) is 39.8. The first kappa shape index (κ1) is 85.8. The number of hydrogen-bond donors (Lipinski definition) is 4. The van der Waals surface area contributed by atoms with Crippen molar-refractivity contribution in [3.63, 3.8) is 0 Å². The molecule has 0 spiro atoms. The molecule has 103 heavy (non-hydrogen) atoms. The number of benzene rings is 3. The van der Waals surface area contributed by atoms with E-state index in [-0.39, 0.29) is 49.5 Å². The van der Waals surface area contributed by atoms with Crippen LogP contribution in [0.25, 0.3) is 0 Å². The van der Waals surface area contributed by atoms with Gasteiger partial charge in [0.1, 0.15) is 48.3 Å². The van der Waals surface area contributed by atoms with Gasteiger partial charge in [-0.2, -0.15) is 13.2 Å². The second-order valence-electron chi connectivity index (χ2n) is 28.3. The Balaban J connectivity index is 1.69. The molecule has 2 saturated heterocycles. The Labute approximate surface area is 622 Å². The van der Waals surface area contributed by atoms with Gasteiger partial charge in [-0.25, -0.2) is 0 Å². The lowest BCUT2D eigenvalue weighted by molar-refractivity contribution is -0.151. The van der Waals surface area contributed by atoms with E-state index in [0.29, 0.717) is 61.3 Å². The van der Waals surface area contributed by atoms with Crippen molar-refractivity contribution in [2.75, 3.05) is 82.1 Å². The Bertz CT molecular complexity index is 3450. The summed E-state index contributed by atoms with van der Waals surface area (Å²) in [7, 11) is 9.41. The SMILES string of the molecule is CCCC[C@@H]1NC(=O)[C@H](Cc2cccc(I)c2)NC(=O)CN(C)C(=O)[C@@H](Cc2ccc(Cl)cc2)N(C)C(=O)CN(C)C(=O)CN(C)C(=O)[C@H]([C@@H](C)CC)NC(=O)[C@H](CC(C)C)N(C)C(=O)C[C@@H](C(=O)N2CCCCC2)N(C)C(=O)[C@H](CC(C)C)NC(=O)[C@H](Cc2ccc(C(F)(F)F)cc2)N(C)C1=O. The molecule has 2 heterocycles. The van der Waals surface area contributed by atoms with Gasteiger partial charge in [-0.15, -0.1) is 0 Å². The first-order valence-electron chi connectivity index (χ1n) is 35.3. The summed E-state index contributed by atoms with van der Waals surface area (Å²) >= 11 is 8.33. The molecule has 0 radical (unpaired) electrons. The number of piperidine rings is 1. The highest BCUT2D eigenvalue weighted by Crippen LogP contribution is 2.30. The number of unbranched alkanes of at least 4 members (excludes halogenated alkanes) is 1. The molecule has 9 atom stereocenters. The Morgan fingerprint density at radius 2 is 1.09 bits per heavy atom. The number of halogens is 5. The average Bonchev–Trinajstić information content (AvgIpc) is 0.829. The van der Waals surface area contributed by atoms with E-state index in [2.05, 4.69) is 43.9 Å². The predicted octanol–water partition coefficient (Wildman–Crippen LogP) is 6.36. The van der Waals surface area contributed by atoms with Crippen LogP contribution in [0.4, 0.5) is 13.2 Å². The van der Waals surface area contributed by atoms with E-state index in [4.69, 9.17) is 11.6 Å². The van der Waals surface area contributed by atoms with Gasteiger partial charge in [-0.05, 0) is 132 Å². The van der Waals surface area contributed by atoms with E-state index >= 15 is 24.0 Å². The van der Waals surface area contributed by atoms with Gasteiger partial charge in [0.15, 0.2) is 0 Å². The minimum Gasteiger partial charge on any atom is -0.343 e. The average molecular weight is 1570 g/mol. The Hall–Kier alpha value is -7.89. The van der Waals surface area contributed by atoms with Gasteiger partial charge in [-0.1, -0.05) is 116 Å².